The van der Waals surface area contributed by atoms with Crippen LogP contribution in [0, 0.1) is 24.5 Å². The van der Waals surface area contributed by atoms with Crippen molar-refractivity contribution in [1.82, 2.24) is 38.7 Å². The first-order chi connectivity index (χ1) is 58.6. The summed E-state index contributed by atoms with van der Waals surface area (Å²) in [5.41, 5.74) is -16.7. The molecule has 2 heterocycles. The summed E-state index contributed by atoms with van der Waals surface area (Å²) in [6.45, 7) is -9.16. The Bertz CT molecular complexity index is 5750. The number of amides is 2. The van der Waals surface area contributed by atoms with Crippen LogP contribution in [0.1, 0.15) is 146 Å². The third kappa shape index (κ3) is 19.0. The van der Waals surface area contributed by atoms with E-state index in [2.05, 4.69) is 9.97 Å². The van der Waals surface area contributed by atoms with E-state index in [1.165, 1.54) is 64.1 Å². The zero-order chi connectivity index (χ0) is 97.2. The van der Waals surface area contributed by atoms with Gasteiger partial charge in [-0.25, -0.2) is 8.78 Å². The van der Waals surface area contributed by atoms with E-state index in [-0.39, 0.29) is 84.9 Å². The number of benzene rings is 6. The van der Waals surface area contributed by atoms with Gasteiger partial charge < -0.3 is 28.7 Å². The van der Waals surface area contributed by atoms with E-state index in [1.807, 2.05) is 0 Å². The van der Waals surface area contributed by atoms with Gasteiger partial charge >= 0.3 is 12.4 Å². The van der Waals surface area contributed by atoms with Crippen LogP contribution in [0.15, 0.2) is 159 Å². The molecule has 1 atom stereocenters. The van der Waals surface area contributed by atoms with E-state index in [4.69, 9.17) is 38.4 Å². The molecule has 2 aliphatic carbocycles. The molecule has 22 heteroatoms. The predicted molar refractivity (Wildman–Crippen MR) is 362 cm³/mol. The first-order valence-electron chi connectivity index (χ1n) is 45.4. The highest BCUT2D eigenvalue weighted by molar-refractivity contribution is 7.98. The molecule has 12 nitrogen and oxygen atoms in total. The fourth-order valence-corrected chi connectivity index (χ4v) is 10.7. The van der Waals surface area contributed by atoms with Crippen LogP contribution >= 0.6 is 23.5 Å². The predicted octanol–water partition coefficient (Wildman–Crippen LogP) is 15.0. The van der Waals surface area contributed by atoms with Crippen molar-refractivity contribution in [1.29, 1.82) is 0 Å². The number of carbonyl (C=O) groups is 2. The Kier molecular flexibility index (Phi) is 13.9. The SMILES string of the molecule is [2H]c1c([2H])c(C([2H])([2H])Sc2nc(=O)c3c(n2CC(=O)N(Cc2c([2H])c([2H])c(-c4c([2H])c([2H])c(C(F)(F)F)c([2H])c4[2H])c([2H])c2C)C([2H])([2H])C([2H])([2H])N(CC)CC)CCC3)c([2H])c([2H])c1F.[2H]c1c([2H])c(C([2H])([2H])Sc2nc(=O)c3c(n2CC(=O)N(Cc2ccc(-c4ccc(C(F)(F)F)cc4)cc2)C([2H])([2H])C([2H])([2H])N(CC)CC)C([2H])([2H])C([2H])(C)C3([2H])[2H])c([2H])c([2H])c1F. The van der Waals surface area contributed by atoms with Crippen LogP contribution < -0.4 is 11.1 Å². The van der Waals surface area contributed by atoms with Crippen molar-refractivity contribution in [3.63, 3.8) is 0 Å². The summed E-state index contributed by atoms with van der Waals surface area (Å²) in [5, 5.41) is -1.52. The summed E-state index contributed by atoms with van der Waals surface area (Å²) in [6, 6.07) is -7.84. The van der Waals surface area contributed by atoms with Crippen LogP contribution in [0.4, 0.5) is 35.1 Å². The molecule has 6 aromatic carbocycles. The van der Waals surface area contributed by atoms with Gasteiger partial charge in [0.2, 0.25) is 11.8 Å². The Morgan fingerprint density at radius 3 is 1.54 bits per heavy atom. The molecule has 1 unspecified atom stereocenters. The number of likely N-dealkylation sites (N-methyl/N-ethyl adjacent to an activating group) is 2. The van der Waals surface area contributed by atoms with E-state index in [0.717, 1.165) is 40.3 Å². The molecule has 2 amide bonds. The van der Waals surface area contributed by atoms with E-state index in [1.54, 1.807) is 0 Å². The molecule has 10 rings (SSSR count). The first kappa shape index (κ1) is 40.7. The zero-order valence-corrected chi connectivity index (χ0v) is 53.6. The monoisotopic (exact) mass is 1390 g/mol. The van der Waals surface area contributed by atoms with Crippen molar-refractivity contribution in [3.8, 4) is 22.3 Å². The number of aromatic nitrogens is 4. The van der Waals surface area contributed by atoms with Gasteiger partial charge in [0.05, 0.1) is 37.2 Å². The summed E-state index contributed by atoms with van der Waals surface area (Å²) in [7, 11) is 0. The Morgan fingerprint density at radius 2 is 1.04 bits per heavy atom. The van der Waals surface area contributed by atoms with E-state index in [0.29, 0.717) is 31.9 Å². The summed E-state index contributed by atoms with van der Waals surface area (Å²) < 4.78 is 388. The minimum Gasteiger partial charge on any atom is -0.336 e. The number of thioether (sulfide) groups is 2. The molecule has 0 aliphatic heterocycles. The summed E-state index contributed by atoms with van der Waals surface area (Å²) in [4.78, 5) is 67.2. The Labute approximate surface area is 608 Å². The smallest absolute Gasteiger partial charge is 0.336 e. The van der Waals surface area contributed by atoms with Crippen LogP contribution in [0.5, 0.6) is 0 Å². The van der Waals surface area contributed by atoms with Crippen molar-refractivity contribution in [2.75, 3.05) is 52.2 Å². The number of nitrogens with zero attached hydrogens (tertiary/aromatic N) is 8. The second-order valence-corrected chi connectivity index (χ2v) is 22.4. The van der Waals surface area contributed by atoms with Crippen molar-refractivity contribution >= 4 is 35.3 Å². The van der Waals surface area contributed by atoms with Gasteiger partial charge in [-0.15, -0.1) is 0 Å². The second-order valence-electron chi connectivity index (χ2n) is 20.9. The molecule has 0 bridgehead atoms. The molecule has 2 aliphatic rings. The molecule has 508 valence electrons. The fraction of sp³-hybridized carbons (Fsp3) is 0.378. The van der Waals surface area contributed by atoms with Crippen molar-refractivity contribution < 1.29 is 88.6 Å². The van der Waals surface area contributed by atoms with Crippen molar-refractivity contribution in [2.45, 2.75) is 134 Å². The number of hydrogen-bond acceptors (Lipinski definition) is 10. The lowest BCUT2D eigenvalue weighted by molar-refractivity contribution is -0.138. The normalized spacial score (nSPS) is 21.1. The molecule has 0 saturated heterocycles. The van der Waals surface area contributed by atoms with Crippen LogP contribution in [0.25, 0.3) is 22.3 Å². The highest BCUT2D eigenvalue weighted by Crippen LogP contribution is 2.35. The van der Waals surface area contributed by atoms with Crippen molar-refractivity contribution in [3.05, 3.63) is 233 Å². The number of halogens is 8. The molecule has 0 saturated carbocycles. The molecule has 96 heavy (non-hydrogen) atoms. The van der Waals surface area contributed by atoms with E-state index >= 15 is 0 Å². The molecule has 0 radical (unpaired) electrons. The largest absolute Gasteiger partial charge is 0.416 e. The molecule has 0 spiro atoms. The summed E-state index contributed by atoms with van der Waals surface area (Å²) in [6.07, 6.45) is -15.7. The average molecular weight is 1390 g/mol. The first-order valence-corrected chi connectivity index (χ1v) is 31.0. The summed E-state index contributed by atoms with van der Waals surface area (Å²) in [5.74, 6) is -8.67. The Hall–Kier alpha value is -7.92. The maximum atomic E-state index is 14.9. The highest BCUT2D eigenvalue weighted by atomic mass is 32.2. The Morgan fingerprint density at radius 1 is 0.573 bits per heavy atom. The highest BCUT2D eigenvalue weighted by Gasteiger charge is 2.33. The van der Waals surface area contributed by atoms with Gasteiger partial charge in [-0.3, -0.25) is 19.2 Å². The Balaban J connectivity index is 0.000000289. The molecular weight excluding hydrogens is 1280 g/mol. The number of fused-ring (bicyclic) bond motifs is 2. The van der Waals surface area contributed by atoms with Gasteiger partial charge in [0.25, 0.3) is 11.1 Å². The molecule has 8 aromatic rings. The molecule has 0 fully saturated rings. The maximum absolute atomic E-state index is 14.9. The zero-order valence-electron chi connectivity index (χ0n) is 83.9. The van der Waals surface area contributed by atoms with E-state index < -0.39 is 280 Å². The lowest BCUT2D eigenvalue weighted by Gasteiger charge is -2.28. The number of rotatable bonds is 26. The van der Waals surface area contributed by atoms with Gasteiger partial charge in [-0.05, 0) is 169 Å². The minimum absolute atomic E-state index is 0.0589. The number of carbonyl (C=O) groups excluding carboxylic acids is 2. The van der Waals surface area contributed by atoms with E-state index in [9.17, 15) is 59.8 Å². The fourth-order valence-electron chi connectivity index (χ4n) is 9.35. The number of alkyl halides is 6. The molecular formula is C74H80F8N8O4S2. The summed E-state index contributed by atoms with van der Waals surface area (Å²) >= 11 is -0.0957. The maximum Gasteiger partial charge on any atom is 0.416 e. The average Bonchev–Trinajstić information content (AvgIpc) is 1.52. The lowest BCUT2D eigenvalue weighted by atomic mass is 9.98. The van der Waals surface area contributed by atoms with Crippen LogP contribution in [0.2, 0.25) is 0 Å². The third-order valence-electron chi connectivity index (χ3n) is 14.5. The van der Waals surface area contributed by atoms with Gasteiger partial charge in [0, 0.05) is 90.8 Å². The second kappa shape index (κ2) is 32.9. The quantitative estimate of drug-likeness (QED) is 0.0295. The lowest BCUT2D eigenvalue weighted by Crippen LogP contribution is -2.40. The standard InChI is InChI=1S/2C37H40F4N4O2S/c1-4-43(5-2)18-19-44(22-26-6-10-28(11-7-26)29-12-14-30(15-13-29)37(39,40)41)34(46)23-45-33-21-25(3)20-32(33)35(47)42-36(45)48-24-27-8-16-31(38)17-9-27;1-4-43(5-2)19-20-44(22-29-12-11-28(21-25(29)3)27-13-15-30(16-14-27)37(39,40)41)34(46)23-45-33-8-6-7-32(33)35(47)42-36(45)48-24-26-9-17-31(38)18-10-26/h6-17,25H,4-5,18-24H2,1-3H3;9-18,21H,4-8,19-20,22-24H2,1-3H3/i8D,9D,16D,17D,18D2,19D2,20D2,21D2,24D2,25D;9D,10D,11D,12D,13D,14D,15D,16D,17D,18D,19D2,20D2,21D,24D2. The van der Waals surface area contributed by atoms with Crippen molar-refractivity contribution in [2.24, 2.45) is 5.89 Å². The number of hydrogen-bond donors (Lipinski definition) is 0. The van der Waals surface area contributed by atoms with Gasteiger partial charge in [0.15, 0.2) is 10.3 Å². The van der Waals surface area contributed by atoms with Gasteiger partial charge in [-0.1, -0.05) is 149 Å². The van der Waals surface area contributed by atoms with Crippen LogP contribution in [-0.2, 0) is 85.1 Å². The topological polar surface area (TPSA) is 117 Å². The van der Waals surface area contributed by atoms with Crippen LogP contribution in [-0.4, -0.2) is 103 Å². The van der Waals surface area contributed by atoms with Gasteiger partial charge in [-0.2, -0.15) is 36.3 Å². The molecule has 0 N–H and O–H groups in total. The van der Waals surface area contributed by atoms with Gasteiger partial charge in [0.1, 0.15) is 24.7 Å². The third-order valence-corrected chi connectivity index (χ3v) is 16.1. The molecule has 2 aromatic heterocycles. The van der Waals surface area contributed by atoms with Crippen LogP contribution in [0.3, 0.4) is 0 Å². The minimum atomic E-state index is -5.33.